The van der Waals surface area contributed by atoms with Gasteiger partial charge in [-0.1, -0.05) is 0 Å². The molecule has 1 heterocycles. The second-order valence-corrected chi connectivity index (χ2v) is 7.40. The van der Waals surface area contributed by atoms with Crippen LogP contribution in [0.4, 0.5) is 4.79 Å². The fourth-order valence-electron chi connectivity index (χ4n) is 2.44. The highest BCUT2D eigenvalue weighted by Crippen LogP contribution is 2.38. The molecule has 1 aromatic rings. The van der Waals surface area contributed by atoms with Crippen LogP contribution in [-0.4, -0.2) is 38.5 Å². The number of alkyl carbamates (subject to hydrolysis) is 1. The molecule has 0 radical (unpaired) electrons. The van der Waals surface area contributed by atoms with Gasteiger partial charge >= 0.3 is 12.1 Å². The number of hydrogen-bond acceptors (Lipinski definition) is 7. The lowest BCUT2D eigenvalue weighted by molar-refractivity contribution is 0.0488. The Morgan fingerprint density at radius 3 is 2.60 bits per heavy atom. The first-order chi connectivity index (χ1) is 11.7. The highest BCUT2D eigenvalue weighted by molar-refractivity contribution is 7.94. The van der Waals surface area contributed by atoms with Gasteiger partial charge in [-0.3, -0.25) is 0 Å². The zero-order valence-corrected chi connectivity index (χ0v) is 15.8. The van der Waals surface area contributed by atoms with Crippen molar-refractivity contribution in [1.82, 2.24) is 5.32 Å². The van der Waals surface area contributed by atoms with E-state index in [-0.39, 0.29) is 6.04 Å². The molecule has 2 rings (SSSR count). The lowest BCUT2D eigenvalue weighted by Gasteiger charge is -2.29. The summed E-state index contributed by atoms with van der Waals surface area (Å²) in [5, 5.41) is 2.86. The van der Waals surface area contributed by atoms with E-state index in [0.717, 1.165) is 17.6 Å². The van der Waals surface area contributed by atoms with Crippen molar-refractivity contribution in [3.05, 3.63) is 23.3 Å². The molecule has 8 heteroatoms. The number of hydrogen-bond donors (Lipinski definition) is 1. The van der Waals surface area contributed by atoms with E-state index in [1.165, 1.54) is 14.2 Å². The van der Waals surface area contributed by atoms with Gasteiger partial charge in [0.05, 0.1) is 37.3 Å². The van der Waals surface area contributed by atoms with E-state index in [4.69, 9.17) is 18.4 Å². The number of fused-ring (bicyclic) bond motifs is 1. The number of carbonyl (C=O) groups is 2. The quantitative estimate of drug-likeness (QED) is 0.642. The second-order valence-electron chi connectivity index (χ2n) is 6.46. The Hall–Kier alpha value is -1.93. The number of ether oxygens (including phenoxy) is 3. The molecule has 1 aliphatic heterocycles. The monoisotopic (exact) mass is 369 g/mol. The summed E-state index contributed by atoms with van der Waals surface area (Å²) in [6.07, 6.45) is 0.101. The topological polar surface area (TPSA) is 83.1 Å². The summed E-state index contributed by atoms with van der Waals surface area (Å²) in [7, 11) is 2.83. The third-order valence-corrected chi connectivity index (χ3v) is 4.10. The van der Waals surface area contributed by atoms with Crippen molar-refractivity contribution in [2.24, 2.45) is 0 Å². The van der Waals surface area contributed by atoms with Crippen LogP contribution in [-0.2, 0) is 13.7 Å². The summed E-state index contributed by atoms with van der Waals surface area (Å²) in [5.74, 6) is 0.0568. The molecule has 1 N–H and O–H groups in total. The zero-order chi connectivity index (χ0) is 18.6. The normalized spacial score (nSPS) is 16.4. The van der Waals surface area contributed by atoms with E-state index < -0.39 is 17.7 Å². The van der Waals surface area contributed by atoms with Gasteiger partial charge in [0.15, 0.2) is 0 Å². The lowest BCUT2D eigenvalue weighted by atomic mass is 9.98. The highest BCUT2D eigenvalue weighted by Gasteiger charge is 2.28. The van der Waals surface area contributed by atoms with E-state index in [9.17, 15) is 9.59 Å². The van der Waals surface area contributed by atoms with Crippen LogP contribution >= 0.6 is 12.0 Å². The van der Waals surface area contributed by atoms with Gasteiger partial charge < -0.3 is 23.7 Å². The van der Waals surface area contributed by atoms with E-state index in [1.807, 2.05) is 0 Å². The molecule has 7 nitrogen and oxygen atoms in total. The number of carbonyl (C=O) groups excluding carboxylic acids is 2. The van der Waals surface area contributed by atoms with E-state index >= 15 is 0 Å². The average molecular weight is 369 g/mol. The first-order valence-corrected chi connectivity index (χ1v) is 8.58. The van der Waals surface area contributed by atoms with Crippen molar-refractivity contribution in [2.75, 3.05) is 20.8 Å². The van der Waals surface area contributed by atoms with Crippen LogP contribution in [0.5, 0.6) is 5.75 Å². The largest absolute Gasteiger partial charge is 0.493 e. The predicted molar refractivity (Wildman–Crippen MR) is 92.9 cm³/mol. The van der Waals surface area contributed by atoms with Crippen molar-refractivity contribution < 1.29 is 28.0 Å². The summed E-state index contributed by atoms with van der Waals surface area (Å²) in [6.45, 7) is 5.84. The molecule has 138 valence electrons. The van der Waals surface area contributed by atoms with E-state index in [1.54, 1.807) is 32.9 Å². The van der Waals surface area contributed by atoms with Gasteiger partial charge in [0.25, 0.3) is 0 Å². The fourth-order valence-corrected chi connectivity index (χ4v) is 3.03. The molecule has 1 aromatic carbocycles. The Morgan fingerprint density at radius 2 is 2.00 bits per heavy atom. The number of methoxy groups -OCH3 is 1. The van der Waals surface area contributed by atoms with E-state index in [2.05, 4.69) is 5.32 Å². The summed E-state index contributed by atoms with van der Waals surface area (Å²) >= 11 is 1.05. The molecule has 0 aliphatic carbocycles. The molecule has 0 fully saturated rings. The summed E-state index contributed by atoms with van der Waals surface area (Å²) < 4.78 is 20.9. The number of amides is 1. The number of benzene rings is 1. The zero-order valence-electron chi connectivity index (χ0n) is 15.0. The van der Waals surface area contributed by atoms with Crippen molar-refractivity contribution in [2.45, 2.75) is 43.7 Å². The van der Waals surface area contributed by atoms with E-state index in [0.29, 0.717) is 29.2 Å². The minimum Gasteiger partial charge on any atom is -0.493 e. The minimum atomic E-state index is -0.579. The van der Waals surface area contributed by atoms with Crippen LogP contribution in [0.25, 0.3) is 0 Å². The van der Waals surface area contributed by atoms with Crippen LogP contribution in [0.15, 0.2) is 17.0 Å². The molecule has 1 aliphatic rings. The van der Waals surface area contributed by atoms with Crippen LogP contribution in [0.1, 0.15) is 49.2 Å². The van der Waals surface area contributed by atoms with Crippen LogP contribution in [0.2, 0.25) is 0 Å². The maximum atomic E-state index is 12.1. The van der Waals surface area contributed by atoms with Gasteiger partial charge in [-0.15, -0.1) is 0 Å². The molecular weight excluding hydrogens is 346 g/mol. The van der Waals surface area contributed by atoms with Gasteiger partial charge in [-0.2, -0.15) is 0 Å². The summed E-state index contributed by atoms with van der Waals surface area (Å²) in [4.78, 5) is 24.7. The standard InChI is InChI=1S/C17H23NO6S/c1-17(2,3)24-16(20)18-12-6-7-23-13-8-11(15(19)21-4)14(25-22-5)9-10(12)13/h8-9,12H,6-7H2,1-5H3,(H,18,20)/t12-/m0/s1. The van der Waals surface area contributed by atoms with Gasteiger partial charge in [-0.25, -0.2) is 9.59 Å². The Balaban J connectivity index is 2.31. The minimum absolute atomic E-state index is 0.276. The summed E-state index contributed by atoms with van der Waals surface area (Å²) in [6, 6.07) is 3.11. The highest BCUT2D eigenvalue weighted by atomic mass is 32.2. The lowest BCUT2D eigenvalue weighted by Crippen LogP contribution is -2.36. The molecule has 0 saturated carbocycles. The Morgan fingerprint density at radius 1 is 1.28 bits per heavy atom. The SMILES string of the molecule is COSc1cc2c(cc1C(=O)OC)OCC[C@@H]2NC(=O)OC(C)(C)C. The van der Waals surface area contributed by atoms with Crippen molar-refractivity contribution in [3.8, 4) is 5.75 Å². The first-order valence-electron chi connectivity index (χ1n) is 7.84. The Labute approximate surface area is 151 Å². The van der Waals surface area contributed by atoms with Gasteiger partial charge in [-0.05, 0) is 32.9 Å². The number of rotatable bonds is 4. The number of nitrogens with one attached hydrogen (secondary N) is 1. The maximum Gasteiger partial charge on any atom is 0.408 e. The maximum absolute atomic E-state index is 12.1. The molecule has 25 heavy (non-hydrogen) atoms. The molecular formula is C17H23NO6S. The smallest absolute Gasteiger partial charge is 0.408 e. The van der Waals surface area contributed by atoms with Crippen molar-refractivity contribution in [1.29, 1.82) is 0 Å². The molecule has 0 bridgehead atoms. The molecule has 1 atom stereocenters. The van der Waals surface area contributed by atoms with Crippen molar-refractivity contribution in [3.63, 3.8) is 0 Å². The average Bonchev–Trinajstić information content (AvgIpc) is 2.52. The molecule has 0 unspecified atom stereocenters. The molecule has 0 aromatic heterocycles. The van der Waals surface area contributed by atoms with Crippen LogP contribution in [0, 0.1) is 0 Å². The van der Waals surface area contributed by atoms with Crippen LogP contribution in [0.3, 0.4) is 0 Å². The van der Waals surface area contributed by atoms with Crippen LogP contribution < -0.4 is 10.1 Å². The predicted octanol–water partition coefficient (Wildman–Crippen LogP) is 3.48. The fraction of sp³-hybridized carbons (Fsp3) is 0.529. The summed E-state index contributed by atoms with van der Waals surface area (Å²) in [5.41, 5.74) is 0.541. The Kier molecular flexibility index (Phi) is 6.18. The molecule has 0 saturated heterocycles. The first kappa shape index (κ1) is 19.4. The van der Waals surface area contributed by atoms with Gasteiger partial charge in [0.1, 0.15) is 11.4 Å². The molecule has 1 amide bonds. The number of esters is 1. The Bertz CT molecular complexity index is 655. The van der Waals surface area contributed by atoms with Gasteiger partial charge in [0, 0.05) is 24.0 Å². The van der Waals surface area contributed by atoms with Gasteiger partial charge in [0.2, 0.25) is 0 Å². The molecule has 0 spiro atoms. The second kappa shape index (κ2) is 7.97. The third-order valence-electron chi connectivity index (χ3n) is 3.42. The third kappa shape index (κ3) is 5.02. The van der Waals surface area contributed by atoms with Crippen molar-refractivity contribution >= 4 is 24.1 Å².